The summed E-state index contributed by atoms with van der Waals surface area (Å²) in [7, 11) is 0. The molecule has 1 aromatic rings. The van der Waals surface area contributed by atoms with Crippen LogP contribution in [0.1, 0.15) is 13.8 Å². The first kappa shape index (κ1) is 10.9. The second kappa shape index (κ2) is 3.73. The first-order chi connectivity index (χ1) is 7.49. The Morgan fingerprint density at radius 3 is 2.31 bits per heavy atom. The minimum absolute atomic E-state index is 0.0706. The lowest BCUT2D eigenvalue weighted by Crippen LogP contribution is -2.42. The van der Waals surface area contributed by atoms with Gasteiger partial charge in [0.15, 0.2) is 11.6 Å². The number of fused-ring (bicyclic) bond motifs is 1. The largest absolute Gasteiger partial charge is 0.372 e. The Balaban J connectivity index is 2.39. The molecule has 0 radical (unpaired) electrons. The van der Waals surface area contributed by atoms with Crippen molar-refractivity contribution in [1.82, 2.24) is 0 Å². The Labute approximate surface area is 91.8 Å². The number of halogens is 2. The lowest BCUT2D eigenvalue weighted by molar-refractivity contribution is -0.117. The van der Waals surface area contributed by atoms with Gasteiger partial charge in [-0.3, -0.25) is 4.79 Å². The van der Waals surface area contributed by atoms with Gasteiger partial charge in [0.2, 0.25) is 5.91 Å². The first-order valence-electron chi connectivity index (χ1n) is 5.05. The van der Waals surface area contributed by atoms with Crippen LogP contribution in [0, 0.1) is 17.6 Å². The summed E-state index contributed by atoms with van der Waals surface area (Å²) < 4.78 is 25.9. The third-order valence-corrected chi connectivity index (χ3v) is 2.58. The van der Waals surface area contributed by atoms with Crippen molar-refractivity contribution < 1.29 is 13.6 Å². The van der Waals surface area contributed by atoms with Gasteiger partial charge < -0.3 is 10.6 Å². The van der Waals surface area contributed by atoms with Gasteiger partial charge in [-0.25, -0.2) is 8.78 Å². The van der Waals surface area contributed by atoms with Crippen molar-refractivity contribution in [2.45, 2.75) is 19.9 Å². The van der Waals surface area contributed by atoms with E-state index in [1.807, 2.05) is 13.8 Å². The molecule has 86 valence electrons. The Kier molecular flexibility index (Phi) is 2.53. The zero-order valence-corrected chi connectivity index (χ0v) is 8.97. The number of rotatable bonds is 1. The van der Waals surface area contributed by atoms with Crippen molar-refractivity contribution in [2.75, 3.05) is 10.6 Å². The minimum atomic E-state index is -0.969. The number of amides is 1. The Bertz CT molecular complexity index is 446. The molecule has 1 aliphatic heterocycles. The van der Waals surface area contributed by atoms with Gasteiger partial charge in [0.1, 0.15) is 6.04 Å². The van der Waals surface area contributed by atoms with Crippen molar-refractivity contribution in [2.24, 2.45) is 5.92 Å². The molecule has 0 spiro atoms. The predicted octanol–water partition coefficient (Wildman–Crippen LogP) is 2.35. The lowest BCUT2D eigenvalue weighted by Gasteiger charge is -2.29. The molecule has 0 aliphatic carbocycles. The van der Waals surface area contributed by atoms with Crippen LogP contribution in [0.5, 0.6) is 0 Å². The maximum Gasteiger partial charge on any atom is 0.247 e. The highest BCUT2D eigenvalue weighted by atomic mass is 19.2. The molecule has 1 aliphatic rings. The van der Waals surface area contributed by atoms with Crippen molar-refractivity contribution in [3.8, 4) is 0 Å². The van der Waals surface area contributed by atoms with E-state index in [0.29, 0.717) is 5.69 Å². The third-order valence-electron chi connectivity index (χ3n) is 2.58. The fourth-order valence-corrected chi connectivity index (χ4v) is 1.68. The highest BCUT2D eigenvalue weighted by Crippen LogP contribution is 2.30. The smallest absolute Gasteiger partial charge is 0.247 e. The van der Waals surface area contributed by atoms with E-state index in [4.69, 9.17) is 0 Å². The van der Waals surface area contributed by atoms with Crippen LogP contribution >= 0.6 is 0 Å². The van der Waals surface area contributed by atoms with Crippen LogP contribution in [0.25, 0.3) is 0 Å². The van der Waals surface area contributed by atoms with E-state index in [2.05, 4.69) is 10.6 Å². The zero-order valence-electron chi connectivity index (χ0n) is 8.97. The van der Waals surface area contributed by atoms with Crippen LogP contribution in [0.4, 0.5) is 20.2 Å². The average Bonchev–Trinajstić information content (AvgIpc) is 2.19. The topological polar surface area (TPSA) is 41.1 Å². The first-order valence-corrected chi connectivity index (χ1v) is 5.05. The van der Waals surface area contributed by atoms with Crippen molar-refractivity contribution in [3.05, 3.63) is 23.8 Å². The predicted molar refractivity (Wildman–Crippen MR) is 57.2 cm³/mol. The van der Waals surface area contributed by atoms with Crippen LogP contribution in [-0.2, 0) is 4.79 Å². The molecule has 1 amide bonds. The molecule has 3 nitrogen and oxygen atoms in total. The van der Waals surface area contributed by atoms with Gasteiger partial charge in [0.25, 0.3) is 0 Å². The van der Waals surface area contributed by atoms with Gasteiger partial charge >= 0.3 is 0 Å². The Morgan fingerprint density at radius 2 is 1.75 bits per heavy atom. The Hall–Kier alpha value is -1.65. The summed E-state index contributed by atoms with van der Waals surface area (Å²) in [5.41, 5.74) is 0.693. The van der Waals surface area contributed by atoms with Gasteiger partial charge in [-0.15, -0.1) is 0 Å². The molecule has 16 heavy (non-hydrogen) atoms. The van der Waals surface area contributed by atoms with Crippen LogP contribution in [0.3, 0.4) is 0 Å². The number of anilines is 2. The molecule has 0 fully saturated rings. The van der Waals surface area contributed by atoms with Crippen LogP contribution < -0.4 is 10.6 Å². The maximum absolute atomic E-state index is 13.0. The van der Waals surface area contributed by atoms with Gasteiger partial charge in [-0.05, 0) is 5.92 Å². The molecule has 1 heterocycles. The molecule has 0 bridgehead atoms. The average molecular weight is 226 g/mol. The number of carbonyl (C=O) groups is 1. The summed E-state index contributed by atoms with van der Waals surface area (Å²) >= 11 is 0. The van der Waals surface area contributed by atoms with Crippen LogP contribution in [-0.4, -0.2) is 11.9 Å². The molecule has 2 rings (SSSR count). The summed E-state index contributed by atoms with van der Waals surface area (Å²) in [5, 5.41) is 5.45. The van der Waals surface area contributed by atoms with Gasteiger partial charge in [-0.1, -0.05) is 13.8 Å². The molecule has 0 saturated carbocycles. The number of benzene rings is 1. The third kappa shape index (κ3) is 1.73. The van der Waals surface area contributed by atoms with E-state index in [9.17, 15) is 13.6 Å². The van der Waals surface area contributed by atoms with Crippen LogP contribution in [0.15, 0.2) is 12.1 Å². The van der Waals surface area contributed by atoms with E-state index in [0.717, 1.165) is 12.1 Å². The SMILES string of the molecule is CC(C)C1Nc2cc(F)c(F)cc2NC1=O. The number of hydrogen-bond acceptors (Lipinski definition) is 2. The van der Waals surface area contributed by atoms with E-state index in [-0.39, 0.29) is 17.5 Å². The van der Waals surface area contributed by atoms with E-state index in [1.165, 1.54) is 0 Å². The van der Waals surface area contributed by atoms with Crippen molar-refractivity contribution in [1.29, 1.82) is 0 Å². The highest BCUT2D eigenvalue weighted by molar-refractivity contribution is 6.03. The summed E-state index contributed by atoms with van der Waals surface area (Å²) in [5.74, 6) is -2.05. The van der Waals surface area contributed by atoms with E-state index < -0.39 is 17.7 Å². The Morgan fingerprint density at radius 1 is 1.19 bits per heavy atom. The molecule has 0 aromatic heterocycles. The number of carbonyl (C=O) groups excluding carboxylic acids is 1. The fourth-order valence-electron chi connectivity index (χ4n) is 1.68. The highest BCUT2D eigenvalue weighted by Gasteiger charge is 2.28. The summed E-state index contributed by atoms with van der Waals surface area (Å²) in [6.07, 6.45) is 0. The molecular formula is C11H12F2N2O. The van der Waals surface area contributed by atoms with Gasteiger partial charge in [0.05, 0.1) is 11.4 Å². The van der Waals surface area contributed by atoms with Gasteiger partial charge in [0, 0.05) is 12.1 Å². The molecule has 5 heteroatoms. The lowest BCUT2D eigenvalue weighted by atomic mass is 10.0. The normalized spacial score (nSPS) is 19.1. The minimum Gasteiger partial charge on any atom is -0.372 e. The molecule has 0 saturated heterocycles. The second-order valence-corrected chi connectivity index (χ2v) is 4.17. The zero-order chi connectivity index (χ0) is 11.9. The van der Waals surface area contributed by atoms with Crippen molar-refractivity contribution in [3.63, 3.8) is 0 Å². The van der Waals surface area contributed by atoms with Crippen LogP contribution in [0.2, 0.25) is 0 Å². The summed E-state index contributed by atoms with van der Waals surface area (Å²) in [4.78, 5) is 11.6. The van der Waals surface area contributed by atoms with E-state index >= 15 is 0 Å². The van der Waals surface area contributed by atoms with Crippen molar-refractivity contribution >= 4 is 17.3 Å². The molecule has 2 N–H and O–H groups in total. The summed E-state index contributed by atoms with van der Waals surface area (Å²) in [6.45, 7) is 3.75. The second-order valence-electron chi connectivity index (χ2n) is 4.17. The monoisotopic (exact) mass is 226 g/mol. The number of hydrogen-bond donors (Lipinski definition) is 2. The van der Waals surface area contributed by atoms with Gasteiger partial charge in [-0.2, -0.15) is 0 Å². The molecule has 1 unspecified atom stereocenters. The molecular weight excluding hydrogens is 214 g/mol. The summed E-state index contributed by atoms with van der Waals surface area (Å²) in [6, 6.07) is 1.61. The quantitative estimate of drug-likeness (QED) is 0.771. The fraction of sp³-hybridized carbons (Fsp3) is 0.364. The standard InChI is InChI=1S/C11H12F2N2O/c1-5(2)10-11(16)15-9-4-7(13)6(12)3-8(9)14-10/h3-5,10,14H,1-2H3,(H,15,16). The number of nitrogens with one attached hydrogen (secondary N) is 2. The molecule has 1 atom stereocenters. The van der Waals surface area contributed by atoms with E-state index in [1.54, 1.807) is 0 Å². The maximum atomic E-state index is 13.0. The molecule has 1 aromatic carbocycles.